The summed E-state index contributed by atoms with van der Waals surface area (Å²) >= 11 is 0. The minimum Gasteiger partial charge on any atom is -0.493 e. The van der Waals surface area contributed by atoms with Gasteiger partial charge in [-0.1, -0.05) is 0 Å². The number of amides is 2. The molecular weight excluding hydrogens is 286 g/mol. The van der Waals surface area contributed by atoms with Gasteiger partial charge in [-0.2, -0.15) is 0 Å². The van der Waals surface area contributed by atoms with Crippen LogP contribution in [0.2, 0.25) is 0 Å². The van der Waals surface area contributed by atoms with Crippen LogP contribution in [0.15, 0.2) is 12.1 Å². The highest BCUT2D eigenvalue weighted by Gasteiger charge is 2.18. The summed E-state index contributed by atoms with van der Waals surface area (Å²) in [6.07, 6.45) is 0.301. The Morgan fingerprint density at radius 2 is 2.05 bits per heavy atom. The van der Waals surface area contributed by atoms with Gasteiger partial charge in [0.25, 0.3) is 0 Å². The number of nitrogens with one attached hydrogen (secondary N) is 1. The monoisotopic (exact) mass is 307 g/mol. The second kappa shape index (κ2) is 7.74. The average molecular weight is 307 g/mol. The number of nitrogens with zero attached hydrogens (tertiary/aromatic N) is 2. The van der Waals surface area contributed by atoms with Gasteiger partial charge in [0, 0.05) is 31.6 Å². The van der Waals surface area contributed by atoms with Crippen LogP contribution in [0.1, 0.15) is 18.5 Å². The number of carbonyl (C=O) groups excluding carboxylic acids is 2. The molecule has 2 heterocycles. The predicted molar refractivity (Wildman–Crippen MR) is 80.8 cm³/mol. The number of morpholine rings is 1. The zero-order valence-electron chi connectivity index (χ0n) is 12.9. The topological polar surface area (TPSA) is 80.8 Å². The second-order valence-corrected chi connectivity index (χ2v) is 5.04. The Kier molecular flexibility index (Phi) is 5.71. The van der Waals surface area contributed by atoms with Crippen LogP contribution in [0.4, 0.5) is 5.82 Å². The lowest BCUT2D eigenvalue weighted by molar-refractivity contribution is -0.136. The summed E-state index contributed by atoms with van der Waals surface area (Å²) in [6, 6.07) is 3.55. The van der Waals surface area contributed by atoms with Crippen molar-refractivity contribution in [3.8, 4) is 5.75 Å². The zero-order chi connectivity index (χ0) is 15.9. The van der Waals surface area contributed by atoms with Gasteiger partial charge in [0.1, 0.15) is 0 Å². The van der Waals surface area contributed by atoms with Crippen molar-refractivity contribution in [2.24, 2.45) is 0 Å². The fraction of sp³-hybridized carbons (Fsp3) is 0.533. The van der Waals surface area contributed by atoms with Crippen LogP contribution in [-0.4, -0.2) is 55.1 Å². The summed E-state index contributed by atoms with van der Waals surface area (Å²) in [5.41, 5.74) is 0.778. The smallest absolute Gasteiger partial charge is 0.226 e. The Labute approximate surface area is 129 Å². The maximum atomic E-state index is 12.0. The van der Waals surface area contributed by atoms with Crippen LogP contribution in [0.5, 0.6) is 5.75 Å². The Hall–Kier alpha value is -2.15. The van der Waals surface area contributed by atoms with Gasteiger partial charge in [-0.15, -0.1) is 0 Å². The van der Waals surface area contributed by atoms with Gasteiger partial charge < -0.3 is 19.7 Å². The minimum absolute atomic E-state index is 0.0254. The molecule has 0 atom stereocenters. The Balaban J connectivity index is 1.85. The fourth-order valence-electron chi connectivity index (χ4n) is 2.18. The molecule has 0 aliphatic carbocycles. The largest absolute Gasteiger partial charge is 0.493 e. The van der Waals surface area contributed by atoms with Gasteiger partial charge in [0.15, 0.2) is 11.6 Å². The SMILES string of the molecule is COc1ccc(C)nc1NC(=O)CCC(=O)N1CCOCC1. The number of ether oxygens (including phenoxy) is 2. The molecule has 1 aromatic rings. The molecule has 2 amide bonds. The van der Waals surface area contributed by atoms with Crippen molar-refractivity contribution in [1.29, 1.82) is 0 Å². The molecule has 1 aliphatic rings. The van der Waals surface area contributed by atoms with Crippen molar-refractivity contribution in [3.05, 3.63) is 17.8 Å². The van der Waals surface area contributed by atoms with Crippen molar-refractivity contribution < 1.29 is 19.1 Å². The second-order valence-electron chi connectivity index (χ2n) is 5.04. The van der Waals surface area contributed by atoms with E-state index in [-0.39, 0.29) is 24.7 Å². The molecular formula is C15H21N3O4. The number of pyridine rings is 1. The van der Waals surface area contributed by atoms with E-state index < -0.39 is 0 Å². The van der Waals surface area contributed by atoms with Gasteiger partial charge in [-0.25, -0.2) is 4.98 Å². The van der Waals surface area contributed by atoms with Gasteiger partial charge in [-0.05, 0) is 19.1 Å². The summed E-state index contributed by atoms with van der Waals surface area (Å²) in [5, 5.41) is 2.69. The van der Waals surface area contributed by atoms with Gasteiger partial charge in [0.2, 0.25) is 11.8 Å². The summed E-state index contributed by atoms with van der Waals surface area (Å²) in [7, 11) is 1.52. The van der Waals surface area contributed by atoms with Crippen LogP contribution in [0.25, 0.3) is 0 Å². The molecule has 0 saturated carbocycles. The van der Waals surface area contributed by atoms with Crippen LogP contribution >= 0.6 is 0 Å². The van der Waals surface area contributed by atoms with E-state index in [2.05, 4.69) is 10.3 Å². The maximum Gasteiger partial charge on any atom is 0.226 e. The van der Waals surface area contributed by atoms with E-state index in [9.17, 15) is 9.59 Å². The van der Waals surface area contributed by atoms with E-state index in [1.807, 2.05) is 6.92 Å². The van der Waals surface area contributed by atoms with Crippen molar-refractivity contribution in [2.45, 2.75) is 19.8 Å². The van der Waals surface area contributed by atoms with Gasteiger partial charge in [0.05, 0.1) is 20.3 Å². The fourth-order valence-corrected chi connectivity index (χ4v) is 2.18. The molecule has 2 rings (SSSR count). The molecule has 0 spiro atoms. The molecule has 7 heteroatoms. The van der Waals surface area contributed by atoms with Crippen molar-refractivity contribution in [2.75, 3.05) is 38.7 Å². The first-order valence-corrected chi connectivity index (χ1v) is 7.27. The van der Waals surface area contributed by atoms with Gasteiger partial charge in [-0.3, -0.25) is 9.59 Å². The molecule has 0 bridgehead atoms. The van der Waals surface area contributed by atoms with E-state index in [4.69, 9.17) is 9.47 Å². The van der Waals surface area contributed by atoms with Crippen LogP contribution in [-0.2, 0) is 14.3 Å². The van der Waals surface area contributed by atoms with E-state index in [0.717, 1.165) is 5.69 Å². The number of carbonyl (C=O) groups is 2. The Bertz CT molecular complexity index is 542. The van der Waals surface area contributed by atoms with Crippen LogP contribution < -0.4 is 10.1 Å². The van der Waals surface area contributed by atoms with E-state index in [1.54, 1.807) is 17.0 Å². The first-order chi connectivity index (χ1) is 10.6. The number of anilines is 1. The lowest BCUT2D eigenvalue weighted by Crippen LogP contribution is -2.40. The van der Waals surface area contributed by atoms with Crippen molar-refractivity contribution in [1.82, 2.24) is 9.88 Å². The molecule has 7 nitrogen and oxygen atoms in total. The van der Waals surface area contributed by atoms with Crippen LogP contribution in [0, 0.1) is 6.92 Å². The third-order valence-electron chi connectivity index (χ3n) is 3.40. The molecule has 0 unspecified atom stereocenters. The summed E-state index contributed by atoms with van der Waals surface area (Å²) in [4.78, 5) is 29.9. The molecule has 0 aromatic carbocycles. The molecule has 1 fully saturated rings. The highest BCUT2D eigenvalue weighted by Crippen LogP contribution is 2.21. The number of hydrogen-bond acceptors (Lipinski definition) is 5. The maximum absolute atomic E-state index is 12.0. The molecule has 1 aromatic heterocycles. The third kappa shape index (κ3) is 4.42. The predicted octanol–water partition coefficient (Wildman–Crippen LogP) is 0.976. The number of methoxy groups -OCH3 is 1. The van der Waals surface area contributed by atoms with E-state index in [0.29, 0.717) is 37.9 Å². The lowest BCUT2D eigenvalue weighted by atomic mass is 10.2. The minimum atomic E-state index is -0.252. The van der Waals surface area contributed by atoms with E-state index >= 15 is 0 Å². The van der Waals surface area contributed by atoms with Crippen molar-refractivity contribution in [3.63, 3.8) is 0 Å². The third-order valence-corrected chi connectivity index (χ3v) is 3.40. The average Bonchev–Trinajstić information content (AvgIpc) is 2.53. The van der Waals surface area contributed by atoms with E-state index in [1.165, 1.54) is 7.11 Å². The normalized spacial score (nSPS) is 14.5. The number of hydrogen-bond donors (Lipinski definition) is 1. The molecule has 1 N–H and O–H groups in total. The quantitative estimate of drug-likeness (QED) is 0.877. The first kappa shape index (κ1) is 16.2. The lowest BCUT2D eigenvalue weighted by Gasteiger charge is -2.26. The Morgan fingerprint density at radius 1 is 1.32 bits per heavy atom. The highest BCUT2D eigenvalue weighted by molar-refractivity contribution is 5.93. The van der Waals surface area contributed by atoms with Crippen LogP contribution in [0.3, 0.4) is 0 Å². The van der Waals surface area contributed by atoms with Gasteiger partial charge >= 0.3 is 0 Å². The molecule has 22 heavy (non-hydrogen) atoms. The highest BCUT2D eigenvalue weighted by atomic mass is 16.5. The zero-order valence-corrected chi connectivity index (χ0v) is 12.9. The first-order valence-electron chi connectivity index (χ1n) is 7.27. The summed E-state index contributed by atoms with van der Waals surface area (Å²) in [5.74, 6) is 0.602. The number of rotatable bonds is 5. The summed E-state index contributed by atoms with van der Waals surface area (Å²) < 4.78 is 10.4. The number of aryl methyl sites for hydroxylation is 1. The Morgan fingerprint density at radius 3 is 2.73 bits per heavy atom. The molecule has 1 aliphatic heterocycles. The summed E-state index contributed by atoms with van der Waals surface area (Å²) in [6.45, 7) is 4.13. The number of aromatic nitrogens is 1. The molecule has 0 radical (unpaired) electrons. The molecule has 1 saturated heterocycles. The van der Waals surface area contributed by atoms with Crippen molar-refractivity contribution >= 4 is 17.6 Å². The standard InChI is InChI=1S/C15H21N3O4/c1-11-3-4-12(21-2)15(16-11)17-13(19)5-6-14(20)18-7-9-22-10-8-18/h3-4H,5-10H2,1-2H3,(H,16,17,19). The molecule has 120 valence electrons.